The Balaban J connectivity index is 2.03. The van der Waals surface area contributed by atoms with Crippen LogP contribution in [0.4, 0.5) is 5.82 Å². The van der Waals surface area contributed by atoms with Crippen LogP contribution in [0, 0.1) is 17.8 Å². The molecule has 1 amide bonds. The number of nitrogens with one attached hydrogen (secondary N) is 1. The molecule has 0 saturated heterocycles. The van der Waals surface area contributed by atoms with Crippen LogP contribution in [-0.2, 0) is 4.79 Å². The Morgan fingerprint density at radius 3 is 2.48 bits per heavy atom. The largest absolute Gasteiger partial charge is 0.310 e. The number of carbonyl (C=O) groups excluding carboxylic acids is 1. The highest BCUT2D eigenvalue weighted by Crippen LogP contribution is 2.08. The molecule has 3 heteroatoms. The van der Waals surface area contributed by atoms with Gasteiger partial charge in [-0.1, -0.05) is 43.9 Å². The molecule has 0 spiro atoms. The highest BCUT2D eigenvalue weighted by Gasteiger charge is 2.10. The van der Waals surface area contributed by atoms with E-state index in [9.17, 15) is 4.79 Å². The van der Waals surface area contributed by atoms with E-state index < -0.39 is 0 Å². The van der Waals surface area contributed by atoms with Crippen molar-refractivity contribution in [3.63, 3.8) is 0 Å². The lowest BCUT2D eigenvalue weighted by Gasteiger charge is -2.08. The number of hydrogen-bond donors (Lipinski definition) is 1. The summed E-state index contributed by atoms with van der Waals surface area (Å²) < 4.78 is 0. The fourth-order valence-electron chi connectivity index (χ4n) is 1.64. The van der Waals surface area contributed by atoms with Crippen LogP contribution in [0.5, 0.6) is 0 Å². The number of carbonyl (C=O) groups is 1. The molecule has 1 heterocycles. The van der Waals surface area contributed by atoms with Crippen molar-refractivity contribution in [2.75, 3.05) is 5.32 Å². The summed E-state index contributed by atoms with van der Waals surface area (Å²) in [6, 6.07) is 13.4. The monoisotopic (exact) mass is 278 g/mol. The van der Waals surface area contributed by atoms with Crippen LogP contribution in [-0.4, -0.2) is 10.9 Å². The molecular weight excluding hydrogens is 260 g/mol. The molecule has 0 fully saturated rings. The van der Waals surface area contributed by atoms with E-state index in [0.29, 0.717) is 5.82 Å². The van der Waals surface area contributed by atoms with E-state index in [4.69, 9.17) is 0 Å². The molecule has 2 aromatic rings. The van der Waals surface area contributed by atoms with Gasteiger partial charge in [0.15, 0.2) is 0 Å². The molecule has 106 valence electrons. The van der Waals surface area contributed by atoms with Crippen molar-refractivity contribution in [3.8, 4) is 11.8 Å². The van der Waals surface area contributed by atoms with E-state index in [1.54, 1.807) is 12.3 Å². The Hall–Kier alpha value is -2.60. The third kappa shape index (κ3) is 4.47. The van der Waals surface area contributed by atoms with Crippen molar-refractivity contribution in [3.05, 3.63) is 59.8 Å². The third-order valence-electron chi connectivity index (χ3n) is 3.20. The summed E-state index contributed by atoms with van der Waals surface area (Å²) in [5, 5.41) is 2.80. The second kappa shape index (κ2) is 7.25. The van der Waals surface area contributed by atoms with E-state index in [1.807, 2.05) is 50.2 Å². The zero-order valence-corrected chi connectivity index (χ0v) is 12.3. The second-order valence-electron chi connectivity index (χ2n) is 4.85. The van der Waals surface area contributed by atoms with E-state index >= 15 is 0 Å². The fourth-order valence-corrected chi connectivity index (χ4v) is 1.64. The van der Waals surface area contributed by atoms with Crippen molar-refractivity contribution < 1.29 is 4.79 Å². The highest BCUT2D eigenvalue weighted by molar-refractivity contribution is 5.91. The Bertz CT molecular complexity index is 651. The van der Waals surface area contributed by atoms with Gasteiger partial charge in [-0.25, -0.2) is 4.98 Å². The van der Waals surface area contributed by atoms with Gasteiger partial charge in [0.2, 0.25) is 5.91 Å². The Morgan fingerprint density at radius 2 is 1.86 bits per heavy atom. The first-order valence-electron chi connectivity index (χ1n) is 7.03. The standard InChI is InChI=1S/C18H18N2O/c1-3-14(2)18(21)20-17-12-11-16(13-19-17)10-9-15-7-5-4-6-8-15/h4-8,11-14H,3H2,1-2H3,(H,19,20,21). The number of amides is 1. The van der Waals surface area contributed by atoms with Crippen LogP contribution in [0.2, 0.25) is 0 Å². The molecule has 1 aromatic heterocycles. The first kappa shape index (κ1) is 14.8. The lowest BCUT2D eigenvalue weighted by Crippen LogP contribution is -2.20. The average molecular weight is 278 g/mol. The summed E-state index contributed by atoms with van der Waals surface area (Å²) in [4.78, 5) is 16.0. The van der Waals surface area contributed by atoms with Crippen molar-refractivity contribution >= 4 is 11.7 Å². The molecule has 0 bridgehead atoms. The van der Waals surface area contributed by atoms with Crippen LogP contribution in [0.3, 0.4) is 0 Å². The molecule has 1 atom stereocenters. The summed E-state index contributed by atoms with van der Waals surface area (Å²) >= 11 is 0. The van der Waals surface area contributed by atoms with Crippen LogP contribution in [0.15, 0.2) is 48.7 Å². The van der Waals surface area contributed by atoms with E-state index in [2.05, 4.69) is 22.1 Å². The number of hydrogen-bond acceptors (Lipinski definition) is 2. The maximum absolute atomic E-state index is 11.8. The number of aromatic nitrogens is 1. The number of pyridine rings is 1. The number of rotatable bonds is 3. The molecule has 0 saturated carbocycles. The molecular formula is C18H18N2O. The summed E-state index contributed by atoms with van der Waals surface area (Å²) in [7, 11) is 0. The predicted octanol–water partition coefficient (Wildman–Crippen LogP) is 3.47. The molecule has 0 aliphatic heterocycles. The van der Waals surface area contributed by atoms with Crippen LogP contribution < -0.4 is 5.32 Å². The molecule has 21 heavy (non-hydrogen) atoms. The molecule has 0 aliphatic rings. The number of nitrogens with zero attached hydrogens (tertiary/aromatic N) is 1. The van der Waals surface area contributed by atoms with Gasteiger partial charge in [-0.2, -0.15) is 0 Å². The normalized spacial score (nSPS) is 11.1. The summed E-state index contributed by atoms with van der Waals surface area (Å²) in [5.74, 6) is 6.67. The maximum atomic E-state index is 11.8. The Kier molecular flexibility index (Phi) is 5.11. The van der Waals surface area contributed by atoms with Crippen molar-refractivity contribution in [1.29, 1.82) is 0 Å². The minimum absolute atomic E-state index is 0.00637. The second-order valence-corrected chi connectivity index (χ2v) is 4.85. The van der Waals surface area contributed by atoms with Gasteiger partial charge in [-0.05, 0) is 30.7 Å². The van der Waals surface area contributed by atoms with Gasteiger partial charge < -0.3 is 5.32 Å². The van der Waals surface area contributed by atoms with Crippen molar-refractivity contribution in [1.82, 2.24) is 4.98 Å². The highest BCUT2D eigenvalue weighted by atomic mass is 16.1. The van der Waals surface area contributed by atoms with Crippen molar-refractivity contribution in [2.45, 2.75) is 20.3 Å². The number of anilines is 1. The number of benzene rings is 1. The molecule has 0 radical (unpaired) electrons. The SMILES string of the molecule is CCC(C)C(=O)Nc1ccc(C#Cc2ccccc2)cn1. The van der Waals surface area contributed by atoms with Gasteiger partial charge >= 0.3 is 0 Å². The van der Waals surface area contributed by atoms with Crippen LogP contribution in [0.1, 0.15) is 31.4 Å². The lowest BCUT2D eigenvalue weighted by molar-refractivity contribution is -0.119. The zero-order chi connectivity index (χ0) is 15.1. The average Bonchev–Trinajstić information content (AvgIpc) is 2.54. The van der Waals surface area contributed by atoms with Crippen LogP contribution >= 0.6 is 0 Å². The molecule has 2 rings (SSSR count). The quantitative estimate of drug-likeness (QED) is 0.874. The third-order valence-corrected chi connectivity index (χ3v) is 3.20. The topological polar surface area (TPSA) is 42.0 Å². The smallest absolute Gasteiger partial charge is 0.228 e. The summed E-state index contributed by atoms with van der Waals surface area (Å²) in [5.41, 5.74) is 1.78. The first-order valence-corrected chi connectivity index (χ1v) is 7.03. The predicted molar refractivity (Wildman–Crippen MR) is 84.7 cm³/mol. The Morgan fingerprint density at radius 1 is 1.14 bits per heavy atom. The minimum atomic E-state index is -0.00986. The van der Waals surface area contributed by atoms with Crippen molar-refractivity contribution in [2.24, 2.45) is 5.92 Å². The maximum Gasteiger partial charge on any atom is 0.228 e. The first-order chi connectivity index (χ1) is 10.2. The summed E-state index contributed by atoms with van der Waals surface area (Å²) in [6.07, 6.45) is 2.48. The van der Waals surface area contributed by atoms with Gasteiger partial charge in [-0.3, -0.25) is 4.79 Å². The Labute approximate surface area is 125 Å². The van der Waals surface area contributed by atoms with Gasteiger partial charge in [-0.15, -0.1) is 0 Å². The van der Waals surface area contributed by atoms with Crippen LogP contribution in [0.25, 0.3) is 0 Å². The van der Waals surface area contributed by atoms with E-state index in [0.717, 1.165) is 17.5 Å². The summed E-state index contributed by atoms with van der Waals surface area (Å²) in [6.45, 7) is 3.88. The molecule has 1 unspecified atom stereocenters. The van der Waals surface area contributed by atoms with Gasteiger partial charge in [0.25, 0.3) is 0 Å². The minimum Gasteiger partial charge on any atom is -0.310 e. The van der Waals surface area contributed by atoms with E-state index in [-0.39, 0.29) is 11.8 Å². The lowest BCUT2D eigenvalue weighted by atomic mass is 10.1. The molecule has 0 aliphatic carbocycles. The zero-order valence-electron chi connectivity index (χ0n) is 12.3. The van der Waals surface area contributed by atoms with E-state index in [1.165, 1.54) is 0 Å². The van der Waals surface area contributed by atoms with Gasteiger partial charge in [0.1, 0.15) is 5.82 Å². The fraction of sp³-hybridized carbons (Fsp3) is 0.222. The molecule has 1 aromatic carbocycles. The molecule has 1 N–H and O–H groups in total. The van der Waals surface area contributed by atoms with Gasteiger partial charge in [0, 0.05) is 23.2 Å². The van der Waals surface area contributed by atoms with Gasteiger partial charge in [0.05, 0.1) is 0 Å². The molecule has 3 nitrogen and oxygen atoms in total.